The fourth-order valence-corrected chi connectivity index (χ4v) is 4.52. The van der Waals surface area contributed by atoms with Gasteiger partial charge in [0.25, 0.3) is 0 Å². The fourth-order valence-electron chi connectivity index (χ4n) is 4.52. The second-order valence-electron chi connectivity index (χ2n) is 10.0. The van der Waals surface area contributed by atoms with Gasteiger partial charge in [0, 0.05) is 0 Å². The molecular weight excluding hydrogens is 584 g/mol. The average Bonchev–Trinajstić information content (AvgIpc) is 3.09. The number of hydrogen-bond acceptors (Lipinski definition) is 8. The number of carbonyl (C=O) groups excluding carboxylic acids is 4. The van der Waals surface area contributed by atoms with Gasteiger partial charge in [0.2, 0.25) is 0 Å². The molecule has 0 aliphatic carbocycles. The van der Waals surface area contributed by atoms with Crippen molar-refractivity contribution in [2.24, 2.45) is 0 Å². The molecule has 0 N–H and O–H groups in total. The minimum absolute atomic E-state index is 0.167. The first kappa shape index (κ1) is 29.5. The first-order chi connectivity index (χ1) is 22.4. The monoisotopic (exact) mass is 608 g/mol. The summed E-state index contributed by atoms with van der Waals surface area (Å²) in [5.41, 5.74) is 0.726. The van der Waals surface area contributed by atoms with Crippen LogP contribution in [0.25, 0.3) is 10.8 Å². The van der Waals surface area contributed by atoms with E-state index in [-0.39, 0.29) is 33.8 Å². The highest BCUT2D eigenvalue weighted by atomic mass is 16.5. The molecule has 6 aromatic rings. The number of fused-ring (bicyclic) bond motifs is 1. The van der Waals surface area contributed by atoms with Crippen molar-refractivity contribution in [1.29, 1.82) is 0 Å². The van der Waals surface area contributed by atoms with Crippen molar-refractivity contribution in [3.05, 3.63) is 168 Å². The normalized spacial score (nSPS) is 10.5. The largest absolute Gasteiger partial charge is 0.423 e. The summed E-state index contributed by atoms with van der Waals surface area (Å²) >= 11 is 0. The van der Waals surface area contributed by atoms with Gasteiger partial charge in [-0.2, -0.15) is 0 Å². The van der Waals surface area contributed by atoms with Gasteiger partial charge in [-0.05, 0) is 95.7 Å². The smallest absolute Gasteiger partial charge is 0.343 e. The van der Waals surface area contributed by atoms with Gasteiger partial charge >= 0.3 is 23.9 Å². The lowest BCUT2D eigenvalue weighted by Gasteiger charge is -2.09. The molecule has 0 aliphatic heterocycles. The molecule has 8 heteroatoms. The topological polar surface area (TPSA) is 105 Å². The molecule has 0 saturated heterocycles. The molecule has 0 spiro atoms. The maximum Gasteiger partial charge on any atom is 0.343 e. The molecule has 0 aromatic heterocycles. The van der Waals surface area contributed by atoms with E-state index in [0.29, 0.717) is 16.9 Å². The Labute approximate surface area is 263 Å². The van der Waals surface area contributed by atoms with Gasteiger partial charge in [-0.25, -0.2) is 19.2 Å². The van der Waals surface area contributed by atoms with Gasteiger partial charge in [0.1, 0.15) is 23.0 Å². The van der Waals surface area contributed by atoms with Gasteiger partial charge in [0.05, 0.1) is 22.3 Å². The number of rotatable bonds is 8. The van der Waals surface area contributed by atoms with Crippen LogP contribution in [0.4, 0.5) is 0 Å². The number of carbonyl (C=O) groups is 4. The van der Waals surface area contributed by atoms with E-state index in [1.807, 2.05) is 12.1 Å². The van der Waals surface area contributed by atoms with Crippen LogP contribution in [0.5, 0.6) is 23.0 Å². The quantitative estimate of drug-likeness (QED) is 0.128. The number of esters is 4. The van der Waals surface area contributed by atoms with Crippen LogP contribution in [0.15, 0.2) is 146 Å². The highest BCUT2D eigenvalue weighted by Gasteiger charge is 2.16. The van der Waals surface area contributed by atoms with E-state index in [2.05, 4.69) is 0 Å². The first-order valence-corrected chi connectivity index (χ1v) is 14.1. The van der Waals surface area contributed by atoms with E-state index in [9.17, 15) is 19.2 Å². The van der Waals surface area contributed by atoms with Crippen LogP contribution in [-0.4, -0.2) is 23.9 Å². The third kappa shape index (κ3) is 7.15. The van der Waals surface area contributed by atoms with E-state index in [1.54, 1.807) is 109 Å². The van der Waals surface area contributed by atoms with Crippen molar-refractivity contribution < 1.29 is 38.1 Å². The lowest BCUT2D eigenvalue weighted by Crippen LogP contribution is -2.12. The number of benzene rings is 6. The van der Waals surface area contributed by atoms with E-state index in [1.165, 1.54) is 24.3 Å². The molecule has 0 unspecified atom stereocenters. The molecule has 0 radical (unpaired) electrons. The zero-order chi connectivity index (χ0) is 31.9. The molecule has 46 heavy (non-hydrogen) atoms. The molecule has 0 fully saturated rings. The van der Waals surface area contributed by atoms with Crippen LogP contribution < -0.4 is 18.9 Å². The summed E-state index contributed by atoms with van der Waals surface area (Å²) in [6, 6.07) is 39.4. The van der Waals surface area contributed by atoms with Gasteiger partial charge in [-0.1, -0.05) is 60.7 Å². The van der Waals surface area contributed by atoms with E-state index in [4.69, 9.17) is 18.9 Å². The lowest BCUT2D eigenvalue weighted by atomic mass is 10.1. The Bertz CT molecular complexity index is 1920. The van der Waals surface area contributed by atoms with Crippen LogP contribution in [-0.2, 0) is 0 Å². The van der Waals surface area contributed by atoms with Crippen LogP contribution in [0.1, 0.15) is 41.4 Å². The SMILES string of the molecule is O=C(Oc1ccccc1)c1cccc(C(=O)Oc2ccc3ccc(OC(=O)c4cccc(C(=O)Oc5ccccc5)c4)cc3c2)c1. The third-order valence-electron chi connectivity index (χ3n) is 6.78. The van der Waals surface area contributed by atoms with E-state index < -0.39 is 23.9 Å². The first-order valence-electron chi connectivity index (χ1n) is 14.1. The van der Waals surface area contributed by atoms with E-state index >= 15 is 0 Å². The van der Waals surface area contributed by atoms with Crippen molar-refractivity contribution in [1.82, 2.24) is 0 Å². The van der Waals surface area contributed by atoms with Crippen molar-refractivity contribution in [2.45, 2.75) is 0 Å². The number of hydrogen-bond donors (Lipinski definition) is 0. The zero-order valence-electron chi connectivity index (χ0n) is 24.1. The molecule has 0 atom stereocenters. The van der Waals surface area contributed by atoms with E-state index in [0.717, 1.165) is 5.39 Å². The molecule has 224 valence electrons. The predicted molar refractivity (Wildman–Crippen MR) is 170 cm³/mol. The molecule has 0 amide bonds. The van der Waals surface area contributed by atoms with Crippen molar-refractivity contribution in [3.63, 3.8) is 0 Å². The van der Waals surface area contributed by atoms with Gasteiger partial charge in [-0.3, -0.25) is 0 Å². The molecular formula is C38H24O8. The molecule has 0 bridgehead atoms. The van der Waals surface area contributed by atoms with Crippen molar-refractivity contribution in [3.8, 4) is 23.0 Å². The summed E-state index contributed by atoms with van der Waals surface area (Å²) in [7, 11) is 0. The van der Waals surface area contributed by atoms with Crippen LogP contribution in [0.2, 0.25) is 0 Å². The van der Waals surface area contributed by atoms with Crippen LogP contribution in [0.3, 0.4) is 0 Å². The average molecular weight is 609 g/mol. The molecule has 6 rings (SSSR count). The summed E-state index contributed by atoms with van der Waals surface area (Å²) in [6.07, 6.45) is 0. The lowest BCUT2D eigenvalue weighted by molar-refractivity contribution is 0.0716. The highest BCUT2D eigenvalue weighted by Crippen LogP contribution is 2.27. The Morgan fingerprint density at radius 1 is 0.304 bits per heavy atom. The van der Waals surface area contributed by atoms with Gasteiger partial charge in [0.15, 0.2) is 0 Å². The second-order valence-corrected chi connectivity index (χ2v) is 10.0. The van der Waals surface area contributed by atoms with Crippen LogP contribution >= 0.6 is 0 Å². The van der Waals surface area contributed by atoms with Crippen molar-refractivity contribution in [2.75, 3.05) is 0 Å². The summed E-state index contributed by atoms with van der Waals surface area (Å²) in [6.45, 7) is 0. The van der Waals surface area contributed by atoms with Crippen LogP contribution in [0, 0.1) is 0 Å². The number of para-hydroxylation sites is 2. The van der Waals surface area contributed by atoms with Gasteiger partial charge in [-0.15, -0.1) is 0 Å². The molecule has 0 heterocycles. The zero-order valence-corrected chi connectivity index (χ0v) is 24.1. The van der Waals surface area contributed by atoms with Crippen molar-refractivity contribution >= 4 is 34.6 Å². The third-order valence-corrected chi connectivity index (χ3v) is 6.78. The highest BCUT2D eigenvalue weighted by molar-refractivity contribution is 5.98. The summed E-state index contributed by atoms with van der Waals surface area (Å²) in [5, 5.41) is 1.46. The standard InChI is InChI=1S/C38H24O8/c39-35(43-31-13-3-1-4-14-31)26-9-7-11-28(21-26)37(41)45-33-19-17-25-18-20-34(24-30(25)23-33)46-38(42)29-12-8-10-27(22-29)36(40)44-32-15-5-2-6-16-32/h1-24H. The predicted octanol–water partition coefficient (Wildman–Crippen LogP) is 7.72. The summed E-state index contributed by atoms with van der Waals surface area (Å²) in [5.74, 6) is -1.26. The molecule has 8 nitrogen and oxygen atoms in total. The molecule has 0 aliphatic rings. The summed E-state index contributed by atoms with van der Waals surface area (Å²) < 4.78 is 21.9. The Kier molecular flexibility index (Phi) is 8.60. The summed E-state index contributed by atoms with van der Waals surface area (Å²) in [4.78, 5) is 51.1. The Balaban J connectivity index is 1.13. The maximum atomic E-state index is 13.0. The fraction of sp³-hybridized carbons (Fsp3) is 0. The van der Waals surface area contributed by atoms with Gasteiger partial charge < -0.3 is 18.9 Å². The Morgan fingerprint density at radius 3 is 1.02 bits per heavy atom. The second kappa shape index (κ2) is 13.4. The molecule has 0 saturated carbocycles. The minimum Gasteiger partial charge on any atom is -0.423 e. The number of ether oxygens (including phenoxy) is 4. The Hall–Kier alpha value is -6.54. The Morgan fingerprint density at radius 2 is 0.652 bits per heavy atom. The maximum absolute atomic E-state index is 13.0. The molecule has 6 aromatic carbocycles. The minimum atomic E-state index is -0.665.